The molecule has 9 heteroatoms. The molecule has 27 heavy (non-hydrogen) atoms. The van der Waals surface area contributed by atoms with Crippen molar-refractivity contribution >= 4 is 17.6 Å². The molecule has 3 aromatic rings. The van der Waals surface area contributed by atoms with Crippen LogP contribution >= 0.6 is 0 Å². The van der Waals surface area contributed by atoms with Gasteiger partial charge in [-0.1, -0.05) is 6.07 Å². The highest BCUT2D eigenvalue weighted by molar-refractivity contribution is 6.38. The van der Waals surface area contributed by atoms with Crippen LogP contribution in [0.25, 0.3) is 11.3 Å². The standard InChI is InChI=1S/C18H16N6O3/c19-17(26)16(25)14(9-11-4-7-20-8-5-11)23-18(27)15-12(10-22-24-15)13-3-1-2-6-21-13/h1-8,10,14H,9H2,(H2,19,26)(H,22,24)(H,23,27). The number of aromatic nitrogens is 4. The van der Waals surface area contributed by atoms with E-state index in [1.54, 1.807) is 48.9 Å². The van der Waals surface area contributed by atoms with Gasteiger partial charge >= 0.3 is 0 Å². The first-order chi connectivity index (χ1) is 13.1. The quantitative estimate of drug-likeness (QED) is 0.513. The summed E-state index contributed by atoms with van der Waals surface area (Å²) in [7, 11) is 0. The molecule has 0 aromatic carbocycles. The van der Waals surface area contributed by atoms with Gasteiger partial charge in [-0.25, -0.2) is 0 Å². The first-order valence-electron chi connectivity index (χ1n) is 8.05. The van der Waals surface area contributed by atoms with E-state index in [-0.39, 0.29) is 12.1 Å². The van der Waals surface area contributed by atoms with Gasteiger partial charge in [0.15, 0.2) is 5.69 Å². The SMILES string of the molecule is NC(=O)C(=O)C(Cc1ccncc1)NC(=O)c1n[nH]cc1-c1ccccn1. The van der Waals surface area contributed by atoms with Gasteiger partial charge < -0.3 is 11.1 Å². The molecule has 3 aromatic heterocycles. The molecule has 0 spiro atoms. The van der Waals surface area contributed by atoms with Gasteiger partial charge in [0.2, 0.25) is 5.78 Å². The third-order valence-corrected chi connectivity index (χ3v) is 3.85. The zero-order valence-electron chi connectivity index (χ0n) is 14.1. The molecule has 0 saturated carbocycles. The number of hydrogen-bond acceptors (Lipinski definition) is 6. The minimum atomic E-state index is -1.12. The van der Waals surface area contributed by atoms with Crippen LogP contribution in [-0.2, 0) is 16.0 Å². The van der Waals surface area contributed by atoms with Crippen LogP contribution < -0.4 is 11.1 Å². The van der Waals surface area contributed by atoms with Crippen LogP contribution in [0.15, 0.2) is 55.1 Å². The van der Waals surface area contributed by atoms with Gasteiger partial charge in [-0.2, -0.15) is 5.10 Å². The van der Waals surface area contributed by atoms with Gasteiger partial charge in [0, 0.05) is 31.2 Å². The molecule has 0 radical (unpaired) electrons. The van der Waals surface area contributed by atoms with E-state index in [0.717, 1.165) is 5.56 Å². The number of H-pyrrole nitrogens is 1. The second-order valence-corrected chi connectivity index (χ2v) is 5.68. The van der Waals surface area contributed by atoms with Crippen molar-refractivity contribution < 1.29 is 14.4 Å². The van der Waals surface area contributed by atoms with Crippen LogP contribution in [-0.4, -0.2) is 43.8 Å². The minimum Gasteiger partial charge on any atom is -0.363 e. The Kier molecular flexibility index (Phi) is 5.31. The number of pyridine rings is 2. The van der Waals surface area contributed by atoms with Crippen molar-refractivity contribution in [3.05, 3.63) is 66.4 Å². The maximum absolute atomic E-state index is 12.7. The summed E-state index contributed by atoms with van der Waals surface area (Å²) in [6.07, 6.45) is 6.32. The van der Waals surface area contributed by atoms with E-state index in [1.165, 1.54) is 6.20 Å². The van der Waals surface area contributed by atoms with Gasteiger partial charge in [0.25, 0.3) is 11.8 Å². The van der Waals surface area contributed by atoms with Crippen molar-refractivity contribution in [2.24, 2.45) is 5.73 Å². The summed E-state index contributed by atoms with van der Waals surface area (Å²) in [5.74, 6) is -2.64. The molecule has 0 fully saturated rings. The van der Waals surface area contributed by atoms with Crippen LogP contribution in [0.2, 0.25) is 0 Å². The van der Waals surface area contributed by atoms with Crippen molar-refractivity contribution in [1.82, 2.24) is 25.5 Å². The molecule has 0 aliphatic carbocycles. The number of carbonyl (C=O) groups is 3. The molecule has 9 nitrogen and oxygen atoms in total. The molecule has 3 heterocycles. The maximum Gasteiger partial charge on any atom is 0.287 e. The lowest BCUT2D eigenvalue weighted by Crippen LogP contribution is -2.47. The number of aromatic amines is 1. The molecular formula is C18H16N6O3. The number of nitrogens with two attached hydrogens (primary N) is 1. The van der Waals surface area contributed by atoms with Crippen LogP contribution in [0, 0.1) is 0 Å². The number of carbonyl (C=O) groups excluding carboxylic acids is 3. The number of nitrogens with zero attached hydrogens (tertiary/aromatic N) is 3. The molecule has 0 bridgehead atoms. The van der Waals surface area contributed by atoms with Gasteiger partial charge in [-0.3, -0.25) is 29.5 Å². The third-order valence-electron chi connectivity index (χ3n) is 3.85. The lowest BCUT2D eigenvalue weighted by molar-refractivity contribution is -0.137. The minimum absolute atomic E-state index is 0.0608. The molecule has 0 aliphatic rings. The Balaban J connectivity index is 1.84. The van der Waals surface area contributed by atoms with E-state index < -0.39 is 23.6 Å². The fraction of sp³-hybridized carbons (Fsp3) is 0.111. The Morgan fingerprint density at radius 2 is 1.89 bits per heavy atom. The topological polar surface area (TPSA) is 144 Å². The summed E-state index contributed by atoms with van der Waals surface area (Å²) in [5, 5.41) is 9.10. The third kappa shape index (κ3) is 4.21. The lowest BCUT2D eigenvalue weighted by atomic mass is 10.0. The van der Waals surface area contributed by atoms with Crippen LogP contribution in [0.3, 0.4) is 0 Å². The van der Waals surface area contributed by atoms with Crippen LogP contribution in [0.4, 0.5) is 0 Å². The van der Waals surface area contributed by atoms with Crippen molar-refractivity contribution in [2.45, 2.75) is 12.5 Å². The summed E-state index contributed by atoms with van der Waals surface area (Å²) >= 11 is 0. The zero-order chi connectivity index (χ0) is 19.2. The average Bonchev–Trinajstić information content (AvgIpc) is 3.18. The maximum atomic E-state index is 12.7. The van der Waals surface area contributed by atoms with E-state index in [1.807, 2.05) is 0 Å². The monoisotopic (exact) mass is 364 g/mol. The second kappa shape index (κ2) is 8.00. The van der Waals surface area contributed by atoms with Gasteiger partial charge in [-0.15, -0.1) is 0 Å². The molecule has 4 N–H and O–H groups in total. The van der Waals surface area contributed by atoms with E-state index >= 15 is 0 Å². The van der Waals surface area contributed by atoms with E-state index in [2.05, 4.69) is 25.5 Å². The first-order valence-corrected chi connectivity index (χ1v) is 8.05. The van der Waals surface area contributed by atoms with Crippen LogP contribution in [0.5, 0.6) is 0 Å². The van der Waals surface area contributed by atoms with Crippen molar-refractivity contribution in [3.8, 4) is 11.3 Å². The van der Waals surface area contributed by atoms with Crippen molar-refractivity contribution in [1.29, 1.82) is 0 Å². The Labute approximate surface area is 154 Å². The molecule has 0 saturated heterocycles. The predicted molar refractivity (Wildman–Crippen MR) is 95.2 cm³/mol. The predicted octanol–water partition coefficient (Wildman–Crippen LogP) is 0.262. The Hall–Kier alpha value is -3.88. The number of primary amides is 1. The van der Waals surface area contributed by atoms with E-state index in [0.29, 0.717) is 11.3 Å². The van der Waals surface area contributed by atoms with Crippen LogP contribution in [0.1, 0.15) is 16.1 Å². The summed E-state index contributed by atoms with van der Waals surface area (Å²) < 4.78 is 0. The Bertz CT molecular complexity index is 955. The van der Waals surface area contributed by atoms with E-state index in [9.17, 15) is 14.4 Å². The number of Topliss-reactive ketones (excluding diaryl/α,β-unsaturated/α-hetero) is 1. The number of amides is 2. The molecular weight excluding hydrogens is 348 g/mol. The summed E-state index contributed by atoms with van der Waals surface area (Å²) in [6, 6.07) is 7.50. The van der Waals surface area contributed by atoms with Gasteiger partial charge in [0.05, 0.1) is 11.3 Å². The number of hydrogen-bond donors (Lipinski definition) is 3. The molecule has 136 valence electrons. The number of rotatable bonds is 7. The number of ketones is 1. The Morgan fingerprint density at radius 1 is 1.11 bits per heavy atom. The summed E-state index contributed by atoms with van der Waals surface area (Å²) in [4.78, 5) is 44.3. The smallest absolute Gasteiger partial charge is 0.287 e. The highest BCUT2D eigenvalue weighted by Crippen LogP contribution is 2.19. The summed E-state index contributed by atoms with van der Waals surface area (Å²) in [6.45, 7) is 0. The highest BCUT2D eigenvalue weighted by Gasteiger charge is 2.27. The van der Waals surface area contributed by atoms with Gasteiger partial charge in [-0.05, 0) is 29.8 Å². The second-order valence-electron chi connectivity index (χ2n) is 5.68. The first kappa shape index (κ1) is 17.9. The van der Waals surface area contributed by atoms with Crippen molar-refractivity contribution in [3.63, 3.8) is 0 Å². The highest BCUT2D eigenvalue weighted by atomic mass is 16.2. The molecule has 2 amide bonds. The fourth-order valence-electron chi connectivity index (χ4n) is 2.54. The lowest BCUT2D eigenvalue weighted by Gasteiger charge is -2.16. The fourth-order valence-corrected chi connectivity index (χ4v) is 2.54. The van der Waals surface area contributed by atoms with Crippen molar-refractivity contribution in [2.75, 3.05) is 0 Å². The summed E-state index contributed by atoms with van der Waals surface area (Å²) in [5.41, 5.74) is 6.92. The zero-order valence-corrected chi connectivity index (χ0v) is 14.1. The molecule has 1 atom stereocenters. The van der Waals surface area contributed by atoms with E-state index in [4.69, 9.17) is 5.73 Å². The van der Waals surface area contributed by atoms with Gasteiger partial charge in [0.1, 0.15) is 6.04 Å². The normalized spacial score (nSPS) is 11.6. The molecule has 3 rings (SSSR count). The molecule has 0 aliphatic heterocycles. The molecule has 1 unspecified atom stereocenters. The largest absolute Gasteiger partial charge is 0.363 e. The number of nitrogens with one attached hydrogen (secondary N) is 2. The Morgan fingerprint density at radius 3 is 2.56 bits per heavy atom. The average molecular weight is 364 g/mol.